The third-order valence-corrected chi connectivity index (χ3v) is 6.20. The first-order chi connectivity index (χ1) is 13.1. The van der Waals surface area contributed by atoms with E-state index in [1.807, 2.05) is 29.6 Å². The Morgan fingerprint density at radius 3 is 2.74 bits per heavy atom. The maximum absolute atomic E-state index is 11.9. The van der Waals surface area contributed by atoms with Crippen molar-refractivity contribution in [3.05, 3.63) is 63.9 Å². The number of esters is 1. The molecular formula is C18H15N3O3S3. The van der Waals surface area contributed by atoms with Crippen LogP contribution in [0.5, 0.6) is 0 Å². The lowest BCUT2D eigenvalue weighted by molar-refractivity contribution is -0.111. The van der Waals surface area contributed by atoms with Crippen LogP contribution in [0.3, 0.4) is 0 Å². The van der Waals surface area contributed by atoms with Crippen LogP contribution >= 0.6 is 34.4 Å². The van der Waals surface area contributed by atoms with Crippen molar-refractivity contribution in [2.45, 2.75) is 10.1 Å². The molecule has 6 nitrogen and oxygen atoms in total. The molecule has 0 unspecified atom stereocenters. The van der Waals surface area contributed by atoms with Crippen LogP contribution in [0.4, 0.5) is 5.13 Å². The number of hydrogen-bond acceptors (Lipinski definition) is 8. The summed E-state index contributed by atoms with van der Waals surface area (Å²) in [5.74, 6) is 0.0869. The van der Waals surface area contributed by atoms with Gasteiger partial charge in [0, 0.05) is 16.7 Å². The molecule has 0 aliphatic rings. The van der Waals surface area contributed by atoms with Crippen molar-refractivity contribution in [1.29, 1.82) is 0 Å². The Balaban J connectivity index is 1.50. The number of methoxy groups -OCH3 is 1. The van der Waals surface area contributed by atoms with E-state index in [1.165, 1.54) is 36.3 Å². The van der Waals surface area contributed by atoms with E-state index in [-0.39, 0.29) is 11.9 Å². The van der Waals surface area contributed by atoms with Gasteiger partial charge in [0.2, 0.25) is 11.0 Å². The number of rotatable bonds is 7. The molecule has 0 aliphatic heterocycles. The minimum absolute atomic E-state index is 0.241. The maximum Gasteiger partial charge on any atom is 0.337 e. The first-order valence-corrected chi connectivity index (χ1v) is 10.5. The van der Waals surface area contributed by atoms with Crippen LogP contribution in [0.15, 0.2) is 52.2 Å². The molecule has 0 spiro atoms. The Kier molecular flexibility index (Phi) is 6.74. The average molecular weight is 418 g/mol. The Bertz CT molecular complexity index is 934. The number of thioether (sulfide) groups is 1. The van der Waals surface area contributed by atoms with Crippen LogP contribution in [0.1, 0.15) is 20.8 Å². The van der Waals surface area contributed by atoms with Crippen molar-refractivity contribution in [3.63, 3.8) is 0 Å². The summed E-state index contributed by atoms with van der Waals surface area (Å²) in [6.45, 7) is 0. The zero-order chi connectivity index (χ0) is 19.1. The van der Waals surface area contributed by atoms with Gasteiger partial charge in [0.05, 0.1) is 12.7 Å². The van der Waals surface area contributed by atoms with E-state index >= 15 is 0 Å². The first-order valence-electron chi connectivity index (χ1n) is 7.80. The summed E-state index contributed by atoms with van der Waals surface area (Å²) in [7, 11) is 1.36. The predicted octanol–water partition coefficient (Wildman–Crippen LogP) is 4.33. The lowest BCUT2D eigenvalue weighted by atomic mass is 10.1. The zero-order valence-electron chi connectivity index (χ0n) is 14.2. The SMILES string of the molecule is COC(=O)c1ccc(CSc2nnc(NC(=O)C=Cc3cccs3)s2)cc1. The maximum atomic E-state index is 11.9. The monoisotopic (exact) mass is 417 g/mol. The Hall–Kier alpha value is -2.49. The predicted molar refractivity (Wildman–Crippen MR) is 109 cm³/mol. The number of nitrogens with one attached hydrogen (secondary N) is 1. The van der Waals surface area contributed by atoms with Crippen molar-refractivity contribution in [3.8, 4) is 0 Å². The molecule has 2 heterocycles. The number of hydrogen-bond donors (Lipinski definition) is 1. The third kappa shape index (κ3) is 5.75. The van der Waals surface area contributed by atoms with E-state index in [9.17, 15) is 9.59 Å². The normalized spacial score (nSPS) is 10.9. The largest absolute Gasteiger partial charge is 0.465 e. The van der Waals surface area contributed by atoms with Crippen molar-refractivity contribution >= 4 is 57.5 Å². The molecule has 0 saturated heterocycles. The third-order valence-electron chi connectivity index (χ3n) is 3.32. The van der Waals surface area contributed by atoms with E-state index in [0.717, 1.165) is 14.8 Å². The van der Waals surface area contributed by atoms with Crippen LogP contribution in [-0.2, 0) is 15.3 Å². The molecule has 1 aromatic carbocycles. The standard InChI is InChI=1S/C18H15N3O3S3/c1-24-16(23)13-6-4-12(5-7-13)11-26-18-21-20-17(27-18)19-15(22)9-8-14-3-2-10-25-14/h2-10H,11H2,1H3,(H,19,20,22). The van der Waals surface area contributed by atoms with Gasteiger partial charge in [0.1, 0.15) is 0 Å². The van der Waals surface area contributed by atoms with Crippen LogP contribution in [0.2, 0.25) is 0 Å². The highest BCUT2D eigenvalue weighted by Crippen LogP contribution is 2.28. The van der Waals surface area contributed by atoms with Gasteiger partial charge in [-0.2, -0.15) is 0 Å². The molecule has 1 amide bonds. The summed E-state index contributed by atoms with van der Waals surface area (Å²) in [5.41, 5.74) is 1.56. The Morgan fingerprint density at radius 2 is 2.04 bits per heavy atom. The lowest BCUT2D eigenvalue weighted by Crippen LogP contribution is -2.07. The molecule has 0 fully saturated rings. The zero-order valence-corrected chi connectivity index (χ0v) is 16.7. The number of nitrogens with zero attached hydrogens (tertiary/aromatic N) is 2. The fourth-order valence-corrected chi connectivity index (χ4v) is 4.34. The second-order valence-corrected chi connectivity index (χ2v) is 8.37. The topological polar surface area (TPSA) is 81.2 Å². The molecule has 0 bridgehead atoms. The quantitative estimate of drug-likeness (QED) is 0.267. The minimum atomic E-state index is -0.355. The number of aromatic nitrogens is 2. The summed E-state index contributed by atoms with van der Waals surface area (Å²) in [6.07, 6.45) is 3.23. The van der Waals surface area contributed by atoms with Gasteiger partial charge in [-0.15, -0.1) is 21.5 Å². The van der Waals surface area contributed by atoms with E-state index in [0.29, 0.717) is 16.4 Å². The van der Waals surface area contributed by atoms with Crippen molar-refractivity contribution in [1.82, 2.24) is 10.2 Å². The average Bonchev–Trinajstić information content (AvgIpc) is 3.36. The molecule has 0 radical (unpaired) electrons. The van der Waals surface area contributed by atoms with Gasteiger partial charge in [-0.1, -0.05) is 41.3 Å². The minimum Gasteiger partial charge on any atom is -0.465 e. The summed E-state index contributed by atoms with van der Waals surface area (Å²) in [5, 5.41) is 13.2. The number of carbonyl (C=O) groups excluding carboxylic acids is 2. The number of anilines is 1. The molecule has 138 valence electrons. The molecule has 1 N–H and O–H groups in total. The number of thiophene rings is 1. The lowest BCUT2D eigenvalue weighted by Gasteiger charge is -2.01. The van der Waals surface area contributed by atoms with E-state index in [4.69, 9.17) is 0 Å². The molecule has 3 aromatic rings. The van der Waals surface area contributed by atoms with Crippen molar-refractivity contribution in [2.24, 2.45) is 0 Å². The fraction of sp³-hybridized carbons (Fsp3) is 0.111. The van der Waals surface area contributed by atoms with Gasteiger partial charge in [0.25, 0.3) is 0 Å². The van der Waals surface area contributed by atoms with Gasteiger partial charge in [0.15, 0.2) is 4.34 Å². The molecular weight excluding hydrogens is 402 g/mol. The summed E-state index contributed by atoms with van der Waals surface area (Å²) in [4.78, 5) is 24.3. The number of benzene rings is 1. The second-order valence-electron chi connectivity index (χ2n) is 5.19. The fourth-order valence-electron chi connectivity index (χ4n) is 2.01. The summed E-state index contributed by atoms with van der Waals surface area (Å²) in [6, 6.07) is 11.1. The van der Waals surface area contributed by atoms with Crippen molar-refractivity contribution < 1.29 is 14.3 Å². The smallest absolute Gasteiger partial charge is 0.337 e. The molecule has 0 aliphatic carbocycles. The Morgan fingerprint density at radius 1 is 1.22 bits per heavy atom. The molecule has 0 saturated carbocycles. The summed E-state index contributed by atoms with van der Waals surface area (Å²) < 4.78 is 5.43. The summed E-state index contributed by atoms with van der Waals surface area (Å²) >= 11 is 4.40. The molecule has 2 aromatic heterocycles. The molecule has 3 rings (SSSR count). The van der Waals surface area contributed by atoms with E-state index in [2.05, 4.69) is 20.3 Å². The van der Waals surface area contributed by atoms with Crippen molar-refractivity contribution in [2.75, 3.05) is 12.4 Å². The van der Waals surface area contributed by atoms with Gasteiger partial charge < -0.3 is 4.74 Å². The highest BCUT2D eigenvalue weighted by Gasteiger charge is 2.08. The van der Waals surface area contributed by atoms with Crippen LogP contribution in [0, 0.1) is 0 Å². The van der Waals surface area contributed by atoms with E-state index in [1.54, 1.807) is 29.5 Å². The first kappa shape index (κ1) is 19.3. The molecule has 27 heavy (non-hydrogen) atoms. The van der Waals surface area contributed by atoms with Gasteiger partial charge >= 0.3 is 5.97 Å². The second kappa shape index (κ2) is 9.45. The van der Waals surface area contributed by atoms with Crippen LogP contribution < -0.4 is 5.32 Å². The number of ether oxygens (including phenoxy) is 1. The van der Waals surface area contributed by atoms with E-state index < -0.39 is 0 Å². The number of amides is 1. The highest BCUT2D eigenvalue weighted by molar-refractivity contribution is 8.00. The van der Waals surface area contributed by atoms with Gasteiger partial charge in [-0.25, -0.2) is 4.79 Å². The molecule has 9 heteroatoms. The number of carbonyl (C=O) groups is 2. The van der Waals surface area contributed by atoms with Gasteiger partial charge in [-0.3, -0.25) is 10.1 Å². The van der Waals surface area contributed by atoms with Crippen LogP contribution in [-0.4, -0.2) is 29.2 Å². The van der Waals surface area contributed by atoms with Gasteiger partial charge in [-0.05, 0) is 35.2 Å². The van der Waals surface area contributed by atoms with Crippen LogP contribution in [0.25, 0.3) is 6.08 Å². The highest BCUT2D eigenvalue weighted by atomic mass is 32.2. The molecule has 0 atom stereocenters. The Labute approximate surface area is 168 Å².